The predicted octanol–water partition coefficient (Wildman–Crippen LogP) is 2.89. The first-order valence-corrected chi connectivity index (χ1v) is 6.80. The fourth-order valence-corrected chi connectivity index (χ4v) is 2.30. The summed E-state index contributed by atoms with van der Waals surface area (Å²) in [5, 5.41) is 17.0. The van der Waals surface area contributed by atoms with Crippen LogP contribution < -0.4 is 10.6 Å². The number of anilines is 1. The van der Waals surface area contributed by atoms with Gasteiger partial charge in [-0.3, -0.25) is 10.1 Å². The van der Waals surface area contributed by atoms with Crippen molar-refractivity contribution in [3.05, 3.63) is 46.2 Å². The third-order valence-corrected chi connectivity index (χ3v) is 3.45. The molecule has 4 nitrogen and oxygen atoms in total. The molecular weight excluding hydrogens is 280 g/mol. The first-order valence-electron chi connectivity index (χ1n) is 5.52. The van der Waals surface area contributed by atoms with E-state index in [1.165, 1.54) is 11.3 Å². The molecule has 0 spiro atoms. The Morgan fingerprint density at radius 2 is 2.16 bits per heavy atom. The number of phenols is 1. The number of thiophene rings is 1. The Hall–Kier alpha value is -1.92. The van der Waals surface area contributed by atoms with Gasteiger partial charge in [-0.1, -0.05) is 12.1 Å². The predicted molar refractivity (Wildman–Crippen MR) is 80.8 cm³/mol. The summed E-state index contributed by atoms with van der Waals surface area (Å²) < 4.78 is 0. The minimum Gasteiger partial charge on any atom is -0.506 e. The van der Waals surface area contributed by atoms with Crippen molar-refractivity contribution in [1.29, 1.82) is 0 Å². The molecule has 1 aromatic heterocycles. The second-order valence-corrected chi connectivity index (χ2v) is 5.26. The van der Waals surface area contributed by atoms with Gasteiger partial charge in [0.15, 0.2) is 5.11 Å². The zero-order chi connectivity index (χ0) is 13.8. The lowest BCUT2D eigenvalue weighted by atomic mass is 10.2. The van der Waals surface area contributed by atoms with Crippen molar-refractivity contribution in [2.45, 2.75) is 6.92 Å². The second kappa shape index (κ2) is 5.81. The summed E-state index contributed by atoms with van der Waals surface area (Å²) >= 11 is 6.36. The number of carbonyl (C=O) groups is 1. The minimum absolute atomic E-state index is 0.0905. The van der Waals surface area contributed by atoms with Crippen LogP contribution in [-0.2, 0) is 0 Å². The lowest BCUT2D eigenvalue weighted by molar-refractivity contribution is 0.0981. The third-order valence-electron chi connectivity index (χ3n) is 2.37. The number of carbonyl (C=O) groups excluding carboxylic acids is 1. The quantitative estimate of drug-likeness (QED) is 0.588. The van der Waals surface area contributed by atoms with E-state index in [1.54, 1.807) is 24.3 Å². The van der Waals surface area contributed by atoms with E-state index in [0.717, 1.165) is 5.56 Å². The molecule has 1 amide bonds. The standard InChI is InChI=1S/C13H12N2O2S2/c1-8-4-5-9(10(16)7-8)14-13(18)15-12(17)11-3-2-6-19-11/h2-7,16H,1H3,(H2,14,15,17,18). The molecule has 2 aromatic rings. The van der Waals surface area contributed by atoms with Crippen molar-refractivity contribution in [2.75, 3.05) is 5.32 Å². The lowest BCUT2D eigenvalue weighted by Gasteiger charge is -2.10. The molecule has 0 saturated carbocycles. The van der Waals surface area contributed by atoms with Gasteiger partial charge in [-0.2, -0.15) is 0 Å². The molecule has 0 aliphatic rings. The Morgan fingerprint density at radius 1 is 1.37 bits per heavy atom. The zero-order valence-electron chi connectivity index (χ0n) is 10.1. The summed E-state index contributed by atoms with van der Waals surface area (Å²) in [5.41, 5.74) is 1.40. The van der Waals surface area contributed by atoms with Crippen LogP contribution in [0, 0.1) is 6.92 Å². The highest BCUT2D eigenvalue weighted by Gasteiger charge is 2.09. The first kappa shape index (κ1) is 13.5. The number of aryl methyl sites for hydroxylation is 1. The first-order chi connectivity index (χ1) is 9.06. The highest BCUT2D eigenvalue weighted by molar-refractivity contribution is 7.80. The van der Waals surface area contributed by atoms with Gasteiger partial charge in [0.25, 0.3) is 5.91 Å². The highest BCUT2D eigenvalue weighted by Crippen LogP contribution is 2.23. The van der Waals surface area contributed by atoms with Gasteiger partial charge in [-0.05, 0) is 48.3 Å². The Bertz CT molecular complexity index is 609. The van der Waals surface area contributed by atoms with Crippen LogP contribution in [0.15, 0.2) is 35.7 Å². The van der Waals surface area contributed by atoms with Gasteiger partial charge in [-0.15, -0.1) is 11.3 Å². The molecule has 1 aromatic carbocycles. The van der Waals surface area contributed by atoms with Gasteiger partial charge in [0.05, 0.1) is 10.6 Å². The van der Waals surface area contributed by atoms with E-state index in [1.807, 2.05) is 18.4 Å². The second-order valence-electron chi connectivity index (χ2n) is 3.91. The number of amides is 1. The van der Waals surface area contributed by atoms with Crippen molar-refractivity contribution in [3.8, 4) is 5.75 Å². The normalized spacial score (nSPS) is 9.95. The summed E-state index contributed by atoms with van der Waals surface area (Å²) in [7, 11) is 0. The number of thiocarbonyl (C=S) groups is 1. The summed E-state index contributed by atoms with van der Waals surface area (Å²) in [4.78, 5) is 12.3. The third kappa shape index (κ3) is 3.52. The maximum Gasteiger partial charge on any atom is 0.267 e. The van der Waals surface area contributed by atoms with Gasteiger partial charge in [0.1, 0.15) is 5.75 Å². The van der Waals surface area contributed by atoms with Crippen LogP contribution in [0.25, 0.3) is 0 Å². The van der Waals surface area contributed by atoms with E-state index in [9.17, 15) is 9.90 Å². The van der Waals surface area contributed by atoms with Gasteiger partial charge in [0, 0.05) is 0 Å². The van der Waals surface area contributed by atoms with Crippen LogP contribution in [-0.4, -0.2) is 16.1 Å². The van der Waals surface area contributed by atoms with E-state index in [-0.39, 0.29) is 16.8 Å². The zero-order valence-corrected chi connectivity index (χ0v) is 11.8. The molecule has 0 bridgehead atoms. The van der Waals surface area contributed by atoms with E-state index < -0.39 is 0 Å². The van der Waals surface area contributed by atoms with Crippen LogP contribution in [0.1, 0.15) is 15.2 Å². The Balaban J connectivity index is 2.00. The van der Waals surface area contributed by atoms with Gasteiger partial charge in [0.2, 0.25) is 0 Å². The van der Waals surface area contributed by atoms with E-state index in [4.69, 9.17) is 12.2 Å². The number of hydrogen-bond acceptors (Lipinski definition) is 4. The number of rotatable bonds is 2. The largest absolute Gasteiger partial charge is 0.506 e. The Morgan fingerprint density at radius 3 is 2.79 bits per heavy atom. The van der Waals surface area contributed by atoms with Crippen LogP contribution in [0.3, 0.4) is 0 Å². The van der Waals surface area contributed by atoms with Crippen LogP contribution in [0.5, 0.6) is 5.75 Å². The van der Waals surface area contributed by atoms with Gasteiger partial charge in [-0.25, -0.2) is 0 Å². The maximum absolute atomic E-state index is 11.8. The monoisotopic (exact) mass is 292 g/mol. The van der Waals surface area contributed by atoms with E-state index in [0.29, 0.717) is 10.6 Å². The molecular formula is C13H12N2O2S2. The van der Waals surface area contributed by atoms with Crippen LogP contribution in [0.4, 0.5) is 5.69 Å². The molecule has 0 aliphatic carbocycles. The van der Waals surface area contributed by atoms with Crippen LogP contribution >= 0.6 is 23.6 Å². The van der Waals surface area contributed by atoms with Gasteiger partial charge >= 0.3 is 0 Å². The molecule has 1 heterocycles. The SMILES string of the molecule is Cc1ccc(NC(=S)NC(=O)c2cccs2)c(O)c1. The molecule has 19 heavy (non-hydrogen) atoms. The summed E-state index contributed by atoms with van der Waals surface area (Å²) in [6, 6.07) is 8.67. The van der Waals surface area contributed by atoms with Crippen molar-refractivity contribution in [2.24, 2.45) is 0 Å². The smallest absolute Gasteiger partial charge is 0.267 e. The fraction of sp³-hybridized carbons (Fsp3) is 0.0769. The molecule has 0 aliphatic heterocycles. The summed E-state index contributed by atoms with van der Waals surface area (Å²) in [6.45, 7) is 1.88. The number of benzene rings is 1. The number of nitrogens with one attached hydrogen (secondary N) is 2. The van der Waals surface area contributed by atoms with Crippen molar-refractivity contribution in [3.63, 3.8) is 0 Å². The van der Waals surface area contributed by atoms with E-state index >= 15 is 0 Å². The lowest BCUT2D eigenvalue weighted by Crippen LogP contribution is -2.33. The highest BCUT2D eigenvalue weighted by atomic mass is 32.1. The molecule has 0 saturated heterocycles. The van der Waals surface area contributed by atoms with Crippen LogP contribution in [0.2, 0.25) is 0 Å². The Kier molecular flexibility index (Phi) is 4.13. The minimum atomic E-state index is -0.265. The molecule has 2 rings (SSSR count). The number of aromatic hydroxyl groups is 1. The van der Waals surface area contributed by atoms with E-state index in [2.05, 4.69) is 10.6 Å². The molecule has 3 N–H and O–H groups in total. The fourth-order valence-electron chi connectivity index (χ4n) is 1.47. The van der Waals surface area contributed by atoms with Gasteiger partial charge < -0.3 is 10.4 Å². The summed E-state index contributed by atoms with van der Waals surface area (Å²) in [5.74, 6) is -0.174. The average Bonchev–Trinajstić information content (AvgIpc) is 2.86. The van der Waals surface area contributed by atoms with Crippen molar-refractivity contribution in [1.82, 2.24) is 5.32 Å². The average molecular weight is 292 g/mol. The number of phenolic OH excluding ortho intramolecular Hbond substituents is 1. The topological polar surface area (TPSA) is 61.4 Å². The molecule has 0 atom stereocenters. The van der Waals surface area contributed by atoms with Crippen molar-refractivity contribution < 1.29 is 9.90 Å². The Labute approximate surface area is 120 Å². The number of hydrogen-bond donors (Lipinski definition) is 3. The molecule has 0 radical (unpaired) electrons. The molecule has 0 unspecified atom stereocenters. The molecule has 98 valence electrons. The molecule has 0 fully saturated rings. The molecule has 6 heteroatoms. The van der Waals surface area contributed by atoms with Crippen molar-refractivity contribution >= 4 is 40.3 Å². The maximum atomic E-state index is 11.8. The summed E-state index contributed by atoms with van der Waals surface area (Å²) in [6.07, 6.45) is 0.